The van der Waals surface area contributed by atoms with Gasteiger partial charge in [-0.1, -0.05) is 25.1 Å². The molecule has 0 saturated carbocycles. The maximum atomic E-state index is 12.4. The van der Waals surface area contributed by atoms with E-state index in [1.165, 1.54) is 6.42 Å². The van der Waals surface area contributed by atoms with E-state index in [0.717, 1.165) is 37.2 Å². The average Bonchev–Trinajstić information content (AvgIpc) is 2.47. The van der Waals surface area contributed by atoms with Gasteiger partial charge in [0.05, 0.1) is 0 Å². The molecule has 3 heteroatoms. The van der Waals surface area contributed by atoms with Crippen molar-refractivity contribution in [3.05, 3.63) is 29.8 Å². The van der Waals surface area contributed by atoms with Gasteiger partial charge in [0, 0.05) is 13.1 Å². The molecule has 1 aromatic carbocycles. The molecule has 3 nitrogen and oxygen atoms in total. The van der Waals surface area contributed by atoms with Crippen molar-refractivity contribution in [1.82, 2.24) is 4.90 Å². The highest BCUT2D eigenvalue weighted by Crippen LogP contribution is 2.20. The molecule has 0 bridgehead atoms. The van der Waals surface area contributed by atoms with Crippen LogP contribution in [0.2, 0.25) is 0 Å². The van der Waals surface area contributed by atoms with Gasteiger partial charge in [-0.3, -0.25) is 4.79 Å². The first-order valence-corrected chi connectivity index (χ1v) is 7.23. The lowest BCUT2D eigenvalue weighted by molar-refractivity contribution is -0.139. The fourth-order valence-electron chi connectivity index (χ4n) is 2.47. The van der Waals surface area contributed by atoms with Crippen molar-refractivity contribution in [2.45, 2.75) is 45.6 Å². The normalized spacial score (nSPS) is 17.1. The summed E-state index contributed by atoms with van der Waals surface area (Å²) in [6.45, 7) is 5.77. The van der Waals surface area contributed by atoms with Crippen LogP contribution in [0.25, 0.3) is 0 Å². The Labute approximate surface area is 115 Å². The van der Waals surface area contributed by atoms with E-state index in [0.29, 0.717) is 6.42 Å². The molecule has 1 atom stereocenters. The largest absolute Gasteiger partial charge is 0.480 e. The molecular formula is C16H23NO2. The lowest BCUT2D eigenvalue weighted by Gasteiger charge is -2.30. The van der Waals surface area contributed by atoms with E-state index >= 15 is 0 Å². The third-order valence-electron chi connectivity index (χ3n) is 3.68. The molecule has 2 rings (SSSR count). The summed E-state index contributed by atoms with van der Waals surface area (Å²) in [5.74, 6) is 0.963. The highest BCUT2D eigenvalue weighted by molar-refractivity contribution is 5.81. The Kier molecular flexibility index (Phi) is 4.83. The zero-order valence-corrected chi connectivity index (χ0v) is 11.9. The molecule has 1 aliphatic rings. The number of aryl methyl sites for hydroxylation is 1. The summed E-state index contributed by atoms with van der Waals surface area (Å²) in [5, 5.41) is 0. The lowest BCUT2D eigenvalue weighted by atomic mass is 10.1. The van der Waals surface area contributed by atoms with Crippen LogP contribution in [0.1, 0.15) is 38.2 Å². The summed E-state index contributed by atoms with van der Waals surface area (Å²) in [6.07, 6.45) is 3.83. The Morgan fingerprint density at radius 1 is 1.26 bits per heavy atom. The van der Waals surface area contributed by atoms with Gasteiger partial charge in [0.25, 0.3) is 5.91 Å². The zero-order chi connectivity index (χ0) is 13.7. The van der Waals surface area contributed by atoms with Gasteiger partial charge in [-0.15, -0.1) is 0 Å². The standard InChI is InChI=1S/C16H23NO2/c1-3-14(16(18)17-11-7-4-8-12-17)19-15-10-6-5-9-13(15)2/h5-6,9-10,14H,3-4,7-8,11-12H2,1-2H3/t14-/m0/s1. The summed E-state index contributed by atoms with van der Waals surface area (Å²) < 4.78 is 5.92. The lowest BCUT2D eigenvalue weighted by Crippen LogP contribution is -2.44. The van der Waals surface area contributed by atoms with Crippen LogP contribution in [0, 0.1) is 6.92 Å². The second kappa shape index (κ2) is 6.60. The maximum absolute atomic E-state index is 12.4. The predicted octanol–water partition coefficient (Wildman–Crippen LogP) is 3.16. The Hall–Kier alpha value is -1.51. The molecule has 0 radical (unpaired) electrons. The smallest absolute Gasteiger partial charge is 0.263 e. The van der Waals surface area contributed by atoms with E-state index in [4.69, 9.17) is 4.74 Å². The van der Waals surface area contributed by atoms with Crippen molar-refractivity contribution in [2.24, 2.45) is 0 Å². The maximum Gasteiger partial charge on any atom is 0.263 e. The van der Waals surface area contributed by atoms with Crippen molar-refractivity contribution in [3.63, 3.8) is 0 Å². The van der Waals surface area contributed by atoms with Crippen LogP contribution in [0.4, 0.5) is 0 Å². The molecule has 0 aliphatic carbocycles. The van der Waals surface area contributed by atoms with Crippen LogP contribution in [-0.2, 0) is 4.79 Å². The number of benzene rings is 1. The minimum atomic E-state index is -0.348. The number of nitrogens with zero attached hydrogens (tertiary/aromatic N) is 1. The number of likely N-dealkylation sites (tertiary alicyclic amines) is 1. The number of ether oxygens (including phenoxy) is 1. The van der Waals surface area contributed by atoms with Gasteiger partial charge in [0.1, 0.15) is 5.75 Å². The fraction of sp³-hybridized carbons (Fsp3) is 0.562. The van der Waals surface area contributed by atoms with E-state index in [1.54, 1.807) is 0 Å². The van der Waals surface area contributed by atoms with E-state index in [-0.39, 0.29) is 12.0 Å². The highest BCUT2D eigenvalue weighted by atomic mass is 16.5. The number of piperidine rings is 1. The average molecular weight is 261 g/mol. The number of carbonyl (C=O) groups is 1. The third kappa shape index (κ3) is 3.49. The molecule has 0 aromatic heterocycles. The molecule has 1 saturated heterocycles. The first kappa shape index (κ1) is 13.9. The molecule has 104 valence electrons. The first-order valence-electron chi connectivity index (χ1n) is 7.23. The van der Waals surface area contributed by atoms with Crippen molar-refractivity contribution < 1.29 is 9.53 Å². The highest BCUT2D eigenvalue weighted by Gasteiger charge is 2.25. The summed E-state index contributed by atoms with van der Waals surface area (Å²) in [5.41, 5.74) is 1.08. The third-order valence-corrected chi connectivity index (χ3v) is 3.68. The van der Waals surface area contributed by atoms with Crippen molar-refractivity contribution in [2.75, 3.05) is 13.1 Å². The molecule has 19 heavy (non-hydrogen) atoms. The fourth-order valence-corrected chi connectivity index (χ4v) is 2.47. The van der Waals surface area contributed by atoms with Gasteiger partial charge >= 0.3 is 0 Å². The van der Waals surface area contributed by atoms with Gasteiger partial charge in [-0.25, -0.2) is 0 Å². The van der Waals surface area contributed by atoms with Crippen LogP contribution in [0.15, 0.2) is 24.3 Å². The van der Waals surface area contributed by atoms with E-state index in [1.807, 2.05) is 43.0 Å². The van der Waals surface area contributed by atoms with Gasteiger partial charge in [0.15, 0.2) is 6.10 Å². The molecular weight excluding hydrogens is 238 g/mol. The SMILES string of the molecule is CC[C@H](Oc1ccccc1C)C(=O)N1CCCCC1. The molecule has 0 N–H and O–H groups in total. The number of para-hydroxylation sites is 1. The van der Waals surface area contributed by atoms with Crippen LogP contribution in [0.3, 0.4) is 0 Å². The summed E-state index contributed by atoms with van der Waals surface area (Å²) in [7, 11) is 0. The summed E-state index contributed by atoms with van der Waals surface area (Å²) in [4.78, 5) is 14.4. The molecule has 1 heterocycles. The van der Waals surface area contributed by atoms with Crippen molar-refractivity contribution in [3.8, 4) is 5.75 Å². The molecule has 0 unspecified atom stereocenters. The van der Waals surface area contributed by atoms with Gasteiger partial charge in [0.2, 0.25) is 0 Å². The summed E-state index contributed by atoms with van der Waals surface area (Å²) >= 11 is 0. The Morgan fingerprint density at radius 3 is 2.58 bits per heavy atom. The number of hydrogen-bond donors (Lipinski definition) is 0. The zero-order valence-electron chi connectivity index (χ0n) is 11.9. The Balaban J connectivity index is 2.03. The second-order valence-electron chi connectivity index (χ2n) is 5.17. The van der Waals surface area contributed by atoms with E-state index in [2.05, 4.69) is 0 Å². The van der Waals surface area contributed by atoms with Crippen molar-refractivity contribution >= 4 is 5.91 Å². The van der Waals surface area contributed by atoms with Crippen LogP contribution < -0.4 is 4.74 Å². The van der Waals surface area contributed by atoms with Crippen molar-refractivity contribution in [1.29, 1.82) is 0 Å². The minimum Gasteiger partial charge on any atom is -0.480 e. The molecule has 1 aromatic rings. The summed E-state index contributed by atoms with van der Waals surface area (Å²) in [6, 6.07) is 7.87. The minimum absolute atomic E-state index is 0.144. The number of hydrogen-bond acceptors (Lipinski definition) is 2. The molecule has 1 aliphatic heterocycles. The van der Waals surface area contributed by atoms with Gasteiger partial charge < -0.3 is 9.64 Å². The van der Waals surface area contributed by atoms with E-state index in [9.17, 15) is 4.79 Å². The topological polar surface area (TPSA) is 29.5 Å². The molecule has 1 amide bonds. The van der Waals surface area contributed by atoms with E-state index < -0.39 is 0 Å². The number of rotatable bonds is 4. The van der Waals surface area contributed by atoms with Crippen LogP contribution in [0.5, 0.6) is 5.75 Å². The van der Waals surface area contributed by atoms with Gasteiger partial charge in [-0.05, 0) is 44.2 Å². The monoisotopic (exact) mass is 261 g/mol. The quantitative estimate of drug-likeness (QED) is 0.833. The first-order chi connectivity index (χ1) is 9.22. The Bertz CT molecular complexity index is 425. The number of amides is 1. The van der Waals surface area contributed by atoms with Crippen LogP contribution >= 0.6 is 0 Å². The van der Waals surface area contributed by atoms with Crippen LogP contribution in [-0.4, -0.2) is 30.0 Å². The van der Waals surface area contributed by atoms with Gasteiger partial charge in [-0.2, -0.15) is 0 Å². The molecule has 1 fully saturated rings. The Morgan fingerprint density at radius 2 is 1.95 bits per heavy atom. The second-order valence-corrected chi connectivity index (χ2v) is 5.17. The molecule has 0 spiro atoms. The predicted molar refractivity (Wildman–Crippen MR) is 76.3 cm³/mol. The number of carbonyl (C=O) groups excluding carboxylic acids is 1.